The molecule has 2 aliphatic rings. The number of carbonyl (C=O) groups is 1. The maximum atomic E-state index is 12.8. The van der Waals surface area contributed by atoms with E-state index in [2.05, 4.69) is 29.6 Å². The van der Waals surface area contributed by atoms with Gasteiger partial charge in [0.25, 0.3) is 10.2 Å². The first-order valence-electron chi connectivity index (χ1n) is 9.74. The molecule has 0 spiro atoms. The molecule has 28 heavy (non-hydrogen) atoms. The first kappa shape index (κ1) is 21.6. The van der Waals surface area contributed by atoms with Crippen molar-refractivity contribution in [3.05, 3.63) is 29.8 Å². The van der Waals surface area contributed by atoms with Crippen LogP contribution >= 0.6 is 11.8 Å². The van der Waals surface area contributed by atoms with Crippen molar-refractivity contribution in [1.29, 1.82) is 0 Å². The van der Waals surface area contributed by atoms with E-state index in [-0.39, 0.29) is 18.4 Å². The van der Waals surface area contributed by atoms with Gasteiger partial charge in [0.05, 0.1) is 19.1 Å². The molecule has 1 aromatic rings. The van der Waals surface area contributed by atoms with Crippen LogP contribution in [0.3, 0.4) is 0 Å². The highest BCUT2D eigenvalue weighted by Gasteiger charge is 2.36. The van der Waals surface area contributed by atoms with Crippen LogP contribution in [0.4, 0.5) is 0 Å². The topological polar surface area (TPSA) is 79.0 Å². The monoisotopic (exact) mass is 427 g/mol. The number of morpholine rings is 1. The van der Waals surface area contributed by atoms with Crippen LogP contribution in [0, 0.1) is 5.92 Å². The molecule has 0 unspecified atom stereocenters. The molecule has 1 atom stereocenters. The quantitative estimate of drug-likeness (QED) is 0.665. The molecular weight excluding hydrogens is 398 g/mol. The van der Waals surface area contributed by atoms with Crippen molar-refractivity contribution >= 4 is 27.9 Å². The van der Waals surface area contributed by atoms with Crippen molar-refractivity contribution in [3.63, 3.8) is 0 Å². The maximum Gasteiger partial charge on any atom is 0.282 e. The van der Waals surface area contributed by atoms with Crippen LogP contribution in [0.2, 0.25) is 0 Å². The normalized spacial score (nSPS) is 22.1. The van der Waals surface area contributed by atoms with E-state index >= 15 is 0 Å². The highest BCUT2D eigenvalue weighted by atomic mass is 32.2. The molecule has 0 saturated carbocycles. The van der Waals surface area contributed by atoms with Crippen molar-refractivity contribution < 1.29 is 17.9 Å². The van der Waals surface area contributed by atoms with E-state index in [0.29, 0.717) is 45.8 Å². The van der Waals surface area contributed by atoms with Crippen LogP contribution in [0.1, 0.15) is 18.4 Å². The SMILES string of the molecule is CSc1ccc(CCNC(=O)[C@H]2CCCN(S(=O)(=O)N3CCOCC3)C2)cc1. The zero-order chi connectivity index (χ0) is 20.0. The number of hydrogen-bond acceptors (Lipinski definition) is 5. The lowest BCUT2D eigenvalue weighted by Gasteiger charge is -2.36. The van der Waals surface area contributed by atoms with Gasteiger partial charge in [-0.1, -0.05) is 12.1 Å². The second-order valence-corrected chi connectivity index (χ2v) is 9.91. The number of hydrogen-bond donors (Lipinski definition) is 1. The second-order valence-electron chi connectivity index (χ2n) is 7.11. The number of thioether (sulfide) groups is 1. The molecule has 0 aliphatic carbocycles. The number of carbonyl (C=O) groups excluding carboxylic acids is 1. The zero-order valence-electron chi connectivity index (χ0n) is 16.3. The Labute approximate surface area is 172 Å². The summed E-state index contributed by atoms with van der Waals surface area (Å²) >= 11 is 1.70. The summed E-state index contributed by atoms with van der Waals surface area (Å²) in [5, 5.41) is 2.98. The average molecular weight is 428 g/mol. The lowest BCUT2D eigenvalue weighted by molar-refractivity contribution is -0.126. The average Bonchev–Trinajstić information content (AvgIpc) is 2.75. The lowest BCUT2D eigenvalue weighted by Crippen LogP contribution is -2.53. The van der Waals surface area contributed by atoms with Crippen LogP contribution in [0.25, 0.3) is 0 Å². The molecule has 0 bridgehead atoms. The van der Waals surface area contributed by atoms with E-state index < -0.39 is 10.2 Å². The van der Waals surface area contributed by atoms with Gasteiger partial charge in [-0.2, -0.15) is 17.0 Å². The number of amides is 1. The van der Waals surface area contributed by atoms with E-state index in [1.54, 1.807) is 11.8 Å². The van der Waals surface area contributed by atoms with Gasteiger partial charge in [-0.15, -0.1) is 11.8 Å². The molecule has 156 valence electrons. The van der Waals surface area contributed by atoms with Crippen molar-refractivity contribution in [2.75, 3.05) is 52.2 Å². The van der Waals surface area contributed by atoms with Crippen molar-refractivity contribution in [2.24, 2.45) is 5.92 Å². The molecule has 2 fully saturated rings. The zero-order valence-corrected chi connectivity index (χ0v) is 17.9. The minimum atomic E-state index is -3.52. The Kier molecular flexibility index (Phi) is 7.76. The highest BCUT2D eigenvalue weighted by Crippen LogP contribution is 2.22. The fraction of sp³-hybridized carbons (Fsp3) is 0.632. The molecule has 3 rings (SSSR count). The van der Waals surface area contributed by atoms with Crippen LogP contribution < -0.4 is 5.32 Å². The molecule has 2 heterocycles. The predicted octanol–water partition coefficient (Wildman–Crippen LogP) is 1.36. The standard InChI is InChI=1S/C19H29N3O4S2/c1-27-18-6-4-16(5-7-18)8-9-20-19(23)17-3-2-10-22(15-17)28(24,25)21-11-13-26-14-12-21/h4-7,17H,2-3,8-15H2,1H3,(H,20,23)/t17-/m0/s1. The number of piperidine rings is 1. The van der Waals surface area contributed by atoms with Gasteiger partial charge in [0, 0.05) is 37.6 Å². The van der Waals surface area contributed by atoms with Crippen molar-refractivity contribution in [1.82, 2.24) is 13.9 Å². The van der Waals surface area contributed by atoms with Gasteiger partial charge < -0.3 is 10.1 Å². The van der Waals surface area contributed by atoms with Gasteiger partial charge in [0.15, 0.2) is 0 Å². The minimum Gasteiger partial charge on any atom is -0.379 e. The molecule has 1 N–H and O–H groups in total. The van der Waals surface area contributed by atoms with Crippen molar-refractivity contribution in [2.45, 2.75) is 24.2 Å². The number of benzene rings is 1. The third-order valence-electron chi connectivity index (χ3n) is 5.25. The Morgan fingerprint density at radius 2 is 1.89 bits per heavy atom. The Bertz CT molecular complexity index is 749. The second kappa shape index (κ2) is 10.1. The first-order chi connectivity index (χ1) is 13.5. The highest BCUT2D eigenvalue weighted by molar-refractivity contribution is 7.98. The summed E-state index contributed by atoms with van der Waals surface area (Å²) in [5.74, 6) is -0.342. The van der Waals surface area contributed by atoms with Gasteiger partial charge in [-0.05, 0) is 43.2 Å². The fourth-order valence-corrected chi connectivity index (χ4v) is 5.65. The Morgan fingerprint density at radius 1 is 1.18 bits per heavy atom. The minimum absolute atomic E-state index is 0.0531. The summed E-state index contributed by atoms with van der Waals surface area (Å²) in [4.78, 5) is 13.8. The molecule has 7 nitrogen and oxygen atoms in total. The van der Waals surface area contributed by atoms with Crippen LogP contribution in [0.5, 0.6) is 0 Å². The summed E-state index contributed by atoms with van der Waals surface area (Å²) in [7, 11) is -3.52. The van der Waals surface area contributed by atoms with Crippen LogP contribution in [-0.2, 0) is 26.2 Å². The van der Waals surface area contributed by atoms with Gasteiger partial charge >= 0.3 is 0 Å². The largest absolute Gasteiger partial charge is 0.379 e. The summed E-state index contributed by atoms with van der Waals surface area (Å²) in [5.41, 5.74) is 1.18. The summed E-state index contributed by atoms with van der Waals surface area (Å²) in [6.07, 6.45) is 4.24. The fourth-order valence-electron chi connectivity index (χ4n) is 3.57. The molecule has 1 amide bonds. The predicted molar refractivity (Wildman–Crippen MR) is 111 cm³/mol. The third kappa shape index (κ3) is 5.48. The number of nitrogens with zero attached hydrogens (tertiary/aromatic N) is 2. The van der Waals surface area contributed by atoms with Crippen molar-refractivity contribution in [3.8, 4) is 0 Å². The Hall–Kier alpha value is -1.13. The molecule has 0 radical (unpaired) electrons. The maximum absolute atomic E-state index is 12.8. The number of nitrogens with one attached hydrogen (secondary N) is 1. The molecular formula is C19H29N3O4S2. The Morgan fingerprint density at radius 3 is 2.57 bits per heavy atom. The van der Waals surface area contributed by atoms with E-state index in [0.717, 1.165) is 12.8 Å². The first-order valence-corrected chi connectivity index (χ1v) is 12.4. The van der Waals surface area contributed by atoms with Gasteiger partial charge in [-0.3, -0.25) is 4.79 Å². The summed E-state index contributed by atoms with van der Waals surface area (Å²) in [6.45, 7) is 2.91. The molecule has 0 aromatic heterocycles. The van der Waals surface area contributed by atoms with Crippen LogP contribution in [0.15, 0.2) is 29.2 Å². The summed E-state index contributed by atoms with van der Waals surface area (Å²) in [6, 6.07) is 8.32. The van der Waals surface area contributed by atoms with E-state index in [4.69, 9.17) is 4.74 Å². The molecule has 2 saturated heterocycles. The third-order valence-corrected chi connectivity index (χ3v) is 8.00. The van der Waals surface area contributed by atoms with Gasteiger partial charge in [-0.25, -0.2) is 0 Å². The van der Waals surface area contributed by atoms with E-state index in [1.165, 1.54) is 19.1 Å². The molecule has 2 aliphatic heterocycles. The van der Waals surface area contributed by atoms with Gasteiger partial charge in [0.1, 0.15) is 0 Å². The Balaban J connectivity index is 1.49. The van der Waals surface area contributed by atoms with Crippen LogP contribution in [-0.4, -0.2) is 75.1 Å². The number of ether oxygens (including phenoxy) is 1. The summed E-state index contributed by atoms with van der Waals surface area (Å²) < 4.78 is 33.8. The molecule has 1 aromatic carbocycles. The smallest absolute Gasteiger partial charge is 0.282 e. The number of rotatable bonds is 7. The van der Waals surface area contributed by atoms with Gasteiger partial charge in [0.2, 0.25) is 5.91 Å². The lowest BCUT2D eigenvalue weighted by atomic mass is 9.99. The van der Waals surface area contributed by atoms with E-state index in [9.17, 15) is 13.2 Å². The van der Waals surface area contributed by atoms with E-state index in [1.807, 2.05) is 6.26 Å². The molecule has 9 heteroatoms.